The summed E-state index contributed by atoms with van der Waals surface area (Å²) in [6.45, 7) is 2.09. The quantitative estimate of drug-likeness (QED) is 0.535. The van der Waals surface area contributed by atoms with E-state index in [0.717, 1.165) is 31.3 Å². The Morgan fingerprint density at radius 1 is 1.27 bits per heavy atom. The highest BCUT2D eigenvalue weighted by atomic mass is 127. The van der Waals surface area contributed by atoms with E-state index in [2.05, 4.69) is 40.6 Å². The van der Waals surface area contributed by atoms with Gasteiger partial charge in [-0.1, -0.05) is 30.1 Å². The first-order valence-electron chi connectivity index (χ1n) is 4.55. The summed E-state index contributed by atoms with van der Waals surface area (Å²) in [5.41, 5.74) is 1.15. The second-order valence-corrected chi connectivity index (χ2v) is 5.17. The monoisotopic (exact) mass is 351 g/mol. The zero-order chi connectivity index (χ0) is 11.0. The predicted molar refractivity (Wildman–Crippen MR) is 73.9 cm³/mol. The molecule has 0 spiro atoms. The number of nitrogens with zero attached hydrogens (tertiary/aromatic N) is 1. The van der Waals surface area contributed by atoms with Gasteiger partial charge >= 0.3 is 0 Å². The molecule has 1 aromatic heterocycles. The highest BCUT2D eigenvalue weighted by molar-refractivity contribution is 14.1. The topological polar surface area (TPSA) is 12.9 Å². The number of hydrogen-bond donors (Lipinski definition) is 0. The van der Waals surface area contributed by atoms with E-state index in [-0.39, 0.29) is 0 Å². The lowest BCUT2D eigenvalue weighted by molar-refractivity contribution is 1.14. The van der Waals surface area contributed by atoms with Gasteiger partial charge in [0.05, 0.1) is 5.02 Å². The molecule has 78 valence electrons. The summed E-state index contributed by atoms with van der Waals surface area (Å²) in [7, 11) is 0. The molecule has 0 bridgehead atoms. The average molecular weight is 352 g/mol. The van der Waals surface area contributed by atoms with Crippen LogP contribution in [0.2, 0.25) is 10.2 Å². The molecule has 0 aliphatic heterocycles. The third-order valence-electron chi connectivity index (χ3n) is 2.33. The second-order valence-electron chi connectivity index (χ2n) is 3.24. The van der Waals surface area contributed by atoms with E-state index in [1.807, 2.05) is 6.07 Å². The Balaban J connectivity index is 2.87. The number of hydrogen-bond acceptors (Lipinski definition) is 1. The molecule has 1 heterocycles. The number of halogens is 3. The number of pyridine rings is 1. The van der Waals surface area contributed by atoms with Crippen molar-refractivity contribution in [3.63, 3.8) is 0 Å². The molecule has 0 saturated carbocycles. The summed E-state index contributed by atoms with van der Waals surface area (Å²) >= 11 is 14.4. The number of benzene rings is 1. The molecule has 0 saturated heterocycles. The Kier molecular flexibility index (Phi) is 3.38. The molecular weight excluding hydrogens is 344 g/mol. The van der Waals surface area contributed by atoms with Crippen LogP contribution >= 0.6 is 45.8 Å². The maximum atomic E-state index is 6.28. The van der Waals surface area contributed by atoms with E-state index in [1.165, 1.54) is 0 Å². The lowest BCUT2D eigenvalue weighted by atomic mass is 10.1. The molecule has 0 amide bonds. The Morgan fingerprint density at radius 2 is 2.00 bits per heavy atom. The van der Waals surface area contributed by atoms with Crippen molar-refractivity contribution in [1.29, 1.82) is 0 Å². The fourth-order valence-corrected chi connectivity index (χ4v) is 2.85. The largest absolute Gasteiger partial charge is 0.244 e. The van der Waals surface area contributed by atoms with Gasteiger partial charge in [-0.15, -0.1) is 0 Å². The molecule has 0 atom stereocenters. The average Bonchev–Trinajstić information content (AvgIpc) is 2.23. The highest BCUT2D eigenvalue weighted by Gasteiger charge is 2.08. The van der Waals surface area contributed by atoms with E-state index >= 15 is 0 Å². The zero-order valence-electron chi connectivity index (χ0n) is 8.02. The first-order valence-corrected chi connectivity index (χ1v) is 6.39. The van der Waals surface area contributed by atoms with Crippen LogP contribution in [0.3, 0.4) is 0 Å². The van der Waals surface area contributed by atoms with Crippen molar-refractivity contribution in [2.24, 2.45) is 0 Å². The molecule has 4 heteroatoms. The fraction of sp³-hybridized carbons (Fsp3) is 0.182. The van der Waals surface area contributed by atoms with Crippen LogP contribution in [0.5, 0.6) is 0 Å². The van der Waals surface area contributed by atoms with Crippen LogP contribution in [0, 0.1) is 3.57 Å². The Labute approximate surface area is 112 Å². The molecule has 2 aromatic rings. The molecule has 0 fully saturated rings. The van der Waals surface area contributed by atoms with Gasteiger partial charge in [-0.05, 0) is 46.7 Å². The zero-order valence-corrected chi connectivity index (χ0v) is 11.7. The van der Waals surface area contributed by atoms with Crippen LogP contribution < -0.4 is 0 Å². The van der Waals surface area contributed by atoms with Crippen molar-refractivity contribution < 1.29 is 0 Å². The van der Waals surface area contributed by atoms with E-state index < -0.39 is 0 Å². The molecule has 2 rings (SSSR count). The maximum absolute atomic E-state index is 6.28. The number of aromatic nitrogens is 1. The van der Waals surface area contributed by atoms with E-state index in [0.29, 0.717) is 5.15 Å². The molecule has 1 nitrogen and oxygen atoms in total. The van der Waals surface area contributed by atoms with Gasteiger partial charge in [0.15, 0.2) is 0 Å². The molecule has 0 aliphatic carbocycles. The van der Waals surface area contributed by atoms with Crippen molar-refractivity contribution in [1.82, 2.24) is 4.98 Å². The van der Waals surface area contributed by atoms with Gasteiger partial charge in [0, 0.05) is 20.5 Å². The van der Waals surface area contributed by atoms with Crippen LogP contribution in [0.15, 0.2) is 18.3 Å². The van der Waals surface area contributed by atoms with Gasteiger partial charge in [-0.25, -0.2) is 4.98 Å². The Hall–Kier alpha value is -0.0600. The SMILES string of the molecule is CCc1cc(I)c2cc(Cl)ncc2c1Cl. The summed E-state index contributed by atoms with van der Waals surface area (Å²) in [6.07, 6.45) is 2.66. The van der Waals surface area contributed by atoms with E-state index in [9.17, 15) is 0 Å². The number of fused-ring (bicyclic) bond motifs is 1. The lowest BCUT2D eigenvalue weighted by Crippen LogP contribution is -1.89. The van der Waals surface area contributed by atoms with Gasteiger partial charge in [-0.2, -0.15) is 0 Å². The minimum Gasteiger partial charge on any atom is -0.244 e. The second kappa shape index (κ2) is 4.44. The van der Waals surface area contributed by atoms with Crippen LogP contribution in [0.1, 0.15) is 12.5 Å². The van der Waals surface area contributed by atoms with Crippen molar-refractivity contribution in [3.8, 4) is 0 Å². The third-order valence-corrected chi connectivity index (χ3v) is 3.87. The van der Waals surface area contributed by atoms with Crippen LogP contribution in [0.4, 0.5) is 0 Å². The molecule has 0 aliphatic rings. The van der Waals surface area contributed by atoms with Crippen LogP contribution in [0.25, 0.3) is 10.8 Å². The normalized spacial score (nSPS) is 10.9. The molecule has 15 heavy (non-hydrogen) atoms. The van der Waals surface area contributed by atoms with Crippen molar-refractivity contribution in [3.05, 3.63) is 37.6 Å². The predicted octanol–water partition coefficient (Wildman–Crippen LogP) is 4.71. The van der Waals surface area contributed by atoms with Gasteiger partial charge in [-0.3, -0.25) is 0 Å². The van der Waals surface area contributed by atoms with Crippen LogP contribution in [-0.2, 0) is 6.42 Å². The summed E-state index contributed by atoms with van der Waals surface area (Å²) in [4.78, 5) is 4.06. The smallest absolute Gasteiger partial charge is 0.129 e. The van der Waals surface area contributed by atoms with Crippen molar-refractivity contribution in [2.45, 2.75) is 13.3 Å². The van der Waals surface area contributed by atoms with Crippen molar-refractivity contribution in [2.75, 3.05) is 0 Å². The highest BCUT2D eigenvalue weighted by Crippen LogP contribution is 2.32. The molecule has 1 aromatic carbocycles. The first kappa shape index (κ1) is 11.4. The Morgan fingerprint density at radius 3 is 2.67 bits per heavy atom. The summed E-state index contributed by atoms with van der Waals surface area (Å²) in [5, 5.41) is 3.33. The number of aryl methyl sites for hydroxylation is 1. The molecule has 0 unspecified atom stereocenters. The standard InChI is InChI=1S/C11H8Cl2IN/c1-2-6-3-9(14)7-4-10(12)15-5-8(7)11(6)13/h3-5H,2H2,1H3. The molecule has 0 radical (unpaired) electrons. The molecular formula is C11H8Cl2IN. The summed E-state index contributed by atoms with van der Waals surface area (Å²) < 4.78 is 1.16. The lowest BCUT2D eigenvalue weighted by Gasteiger charge is -2.08. The van der Waals surface area contributed by atoms with Crippen LogP contribution in [-0.4, -0.2) is 4.98 Å². The van der Waals surface area contributed by atoms with Crippen molar-refractivity contribution >= 4 is 56.6 Å². The molecule has 0 N–H and O–H groups in total. The minimum atomic E-state index is 0.501. The van der Waals surface area contributed by atoms with Gasteiger partial charge in [0.2, 0.25) is 0 Å². The van der Waals surface area contributed by atoms with Gasteiger partial charge in [0.25, 0.3) is 0 Å². The van der Waals surface area contributed by atoms with Gasteiger partial charge in [0.1, 0.15) is 5.15 Å². The fourth-order valence-electron chi connectivity index (χ4n) is 1.53. The van der Waals surface area contributed by atoms with E-state index in [1.54, 1.807) is 6.20 Å². The maximum Gasteiger partial charge on any atom is 0.129 e. The minimum absolute atomic E-state index is 0.501. The third kappa shape index (κ3) is 2.08. The van der Waals surface area contributed by atoms with E-state index in [4.69, 9.17) is 23.2 Å². The Bertz CT molecular complexity index is 525. The number of rotatable bonds is 1. The van der Waals surface area contributed by atoms with Gasteiger partial charge < -0.3 is 0 Å². The first-order chi connectivity index (χ1) is 7.13. The summed E-state index contributed by atoms with van der Waals surface area (Å²) in [5.74, 6) is 0. The summed E-state index contributed by atoms with van der Waals surface area (Å²) in [6, 6.07) is 3.95.